The zero-order valence-corrected chi connectivity index (χ0v) is 24.6. The Bertz CT molecular complexity index is 1750. The third kappa shape index (κ3) is 5.20. The molecule has 0 N–H and O–H groups in total. The molecule has 4 aromatic rings. The van der Waals surface area contributed by atoms with Gasteiger partial charge in [-0.2, -0.15) is 0 Å². The Morgan fingerprint density at radius 1 is 0.763 bits per heavy atom. The second-order valence-electron chi connectivity index (χ2n) is 9.03. The van der Waals surface area contributed by atoms with Crippen LogP contribution in [0.5, 0.6) is 0 Å². The number of hydrogen-bond donors (Lipinski definition) is 0. The molecule has 4 aromatic carbocycles. The van der Waals surface area contributed by atoms with Gasteiger partial charge < -0.3 is 0 Å². The molecule has 1 atom stereocenters. The molecule has 0 saturated heterocycles. The summed E-state index contributed by atoms with van der Waals surface area (Å²) in [6.07, 6.45) is 0. The van der Waals surface area contributed by atoms with Gasteiger partial charge in [0.1, 0.15) is 5.03 Å². The van der Waals surface area contributed by atoms with Gasteiger partial charge in [-0.25, -0.2) is 21.1 Å². The molecule has 0 aromatic heterocycles. The van der Waals surface area contributed by atoms with Crippen molar-refractivity contribution in [2.75, 3.05) is 0 Å². The van der Waals surface area contributed by atoms with E-state index in [0.717, 1.165) is 43.2 Å². The number of sulfone groups is 1. The summed E-state index contributed by atoms with van der Waals surface area (Å²) in [6.45, 7) is 3.76. The largest absolute Gasteiger partial charge is 0.265 e. The number of benzene rings is 4. The summed E-state index contributed by atoms with van der Waals surface area (Å²) in [5.74, 6) is 0. The number of thioether (sulfide) groups is 1. The molecule has 1 heterocycles. The molecule has 0 saturated carbocycles. The van der Waals surface area contributed by atoms with Crippen LogP contribution >= 0.6 is 27.7 Å². The van der Waals surface area contributed by atoms with Gasteiger partial charge >= 0.3 is 0 Å². The van der Waals surface area contributed by atoms with Crippen molar-refractivity contribution in [2.24, 2.45) is 0 Å². The van der Waals surface area contributed by atoms with Crippen LogP contribution in [-0.2, 0) is 19.9 Å². The molecule has 0 aliphatic carbocycles. The van der Waals surface area contributed by atoms with Crippen molar-refractivity contribution in [2.45, 2.75) is 34.6 Å². The molecular weight excluding hydrogens is 602 g/mol. The van der Waals surface area contributed by atoms with E-state index < -0.39 is 25.9 Å². The van der Waals surface area contributed by atoms with Crippen LogP contribution in [0, 0.1) is 13.8 Å². The molecule has 9 heteroatoms. The van der Waals surface area contributed by atoms with Crippen LogP contribution < -0.4 is 0 Å². The quantitative estimate of drug-likeness (QED) is 0.234. The predicted octanol–water partition coefficient (Wildman–Crippen LogP) is 7.22. The minimum atomic E-state index is -4.18. The second kappa shape index (κ2) is 10.4. The van der Waals surface area contributed by atoms with Gasteiger partial charge in [0.05, 0.1) is 21.2 Å². The van der Waals surface area contributed by atoms with Crippen LogP contribution in [-0.4, -0.2) is 21.1 Å². The first-order valence-corrected chi connectivity index (χ1v) is 16.3. The average Bonchev–Trinajstić information content (AvgIpc) is 2.88. The van der Waals surface area contributed by atoms with Crippen molar-refractivity contribution in [1.29, 1.82) is 0 Å². The molecule has 0 fully saturated rings. The van der Waals surface area contributed by atoms with E-state index in [1.807, 2.05) is 62.4 Å². The maximum absolute atomic E-state index is 14.3. The summed E-state index contributed by atoms with van der Waals surface area (Å²) in [7, 11) is -8.15. The van der Waals surface area contributed by atoms with Gasteiger partial charge in [0.15, 0.2) is 0 Å². The fraction of sp³-hybridized carbons (Fsp3) is 0.103. The Kier molecular flexibility index (Phi) is 7.30. The van der Waals surface area contributed by atoms with Gasteiger partial charge in [0.2, 0.25) is 9.84 Å². The summed E-state index contributed by atoms with van der Waals surface area (Å²) in [5.41, 5.74) is 3.33. The smallest absolute Gasteiger partial charge is 0.247 e. The van der Waals surface area contributed by atoms with E-state index in [2.05, 4.69) is 15.9 Å². The summed E-state index contributed by atoms with van der Waals surface area (Å²) >= 11 is 4.64. The number of rotatable bonds is 5. The highest BCUT2D eigenvalue weighted by Crippen LogP contribution is 2.50. The highest BCUT2D eigenvalue weighted by atomic mass is 79.9. The lowest BCUT2D eigenvalue weighted by Crippen LogP contribution is -2.37. The molecule has 0 spiro atoms. The van der Waals surface area contributed by atoms with Gasteiger partial charge in [-0.05, 0) is 67.4 Å². The van der Waals surface area contributed by atoms with E-state index in [1.165, 1.54) is 16.4 Å². The Hall–Kier alpha value is -2.85. The van der Waals surface area contributed by atoms with Gasteiger partial charge in [-0.15, -0.1) is 0 Å². The van der Waals surface area contributed by atoms with Crippen LogP contribution in [0.15, 0.2) is 127 Å². The van der Waals surface area contributed by atoms with Gasteiger partial charge in [-0.1, -0.05) is 93.4 Å². The zero-order chi connectivity index (χ0) is 27.1. The number of halogens is 1. The molecule has 5 nitrogen and oxygen atoms in total. The molecule has 5 rings (SSSR count). The normalized spacial score (nSPS) is 16.9. The van der Waals surface area contributed by atoms with Crippen molar-refractivity contribution in [1.82, 2.24) is 4.31 Å². The van der Waals surface area contributed by atoms with E-state index >= 15 is 0 Å². The molecule has 0 radical (unpaired) electrons. The lowest BCUT2D eigenvalue weighted by atomic mass is 9.98. The fourth-order valence-electron chi connectivity index (χ4n) is 4.29. The Morgan fingerprint density at radius 2 is 1.37 bits per heavy atom. The summed E-state index contributed by atoms with van der Waals surface area (Å²) in [6, 6.07) is 27.2. The number of hydrogen-bond acceptors (Lipinski definition) is 5. The van der Waals surface area contributed by atoms with Crippen molar-refractivity contribution in [3.05, 3.63) is 134 Å². The summed E-state index contributed by atoms with van der Waals surface area (Å²) in [5, 5.41) is 1.18. The molecule has 0 unspecified atom stereocenters. The van der Waals surface area contributed by atoms with Crippen LogP contribution in [0.3, 0.4) is 0 Å². The maximum atomic E-state index is 14.3. The first-order valence-electron chi connectivity index (χ1n) is 11.7. The predicted molar refractivity (Wildman–Crippen MR) is 155 cm³/mol. The second-order valence-corrected chi connectivity index (χ2v) is 14.6. The molecule has 0 bridgehead atoms. The summed E-state index contributed by atoms with van der Waals surface area (Å²) in [4.78, 5) is 0.974. The van der Waals surface area contributed by atoms with Crippen molar-refractivity contribution >= 4 is 47.6 Å². The molecule has 1 aliphatic heterocycles. The number of nitrogens with zero attached hydrogens (tertiary/aromatic N) is 1. The number of sulfonamides is 1. The van der Waals surface area contributed by atoms with E-state index in [-0.39, 0.29) is 14.8 Å². The van der Waals surface area contributed by atoms with E-state index in [9.17, 15) is 16.8 Å². The molecule has 0 amide bonds. The van der Waals surface area contributed by atoms with Crippen LogP contribution in [0.4, 0.5) is 0 Å². The Balaban J connectivity index is 1.79. The minimum Gasteiger partial charge on any atom is -0.247 e. The maximum Gasteiger partial charge on any atom is 0.265 e. The molecule has 38 heavy (non-hydrogen) atoms. The van der Waals surface area contributed by atoms with Crippen molar-refractivity contribution in [3.63, 3.8) is 0 Å². The number of fused-ring (bicyclic) bond motifs is 1. The third-order valence-electron chi connectivity index (χ3n) is 6.23. The molecule has 1 aliphatic rings. The lowest BCUT2D eigenvalue weighted by molar-refractivity contribution is 0.434. The van der Waals surface area contributed by atoms with E-state index in [0.29, 0.717) is 5.56 Å². The standard InChI is InChI=1S/C29H24BrNO4S3/c1-20-10-14-24(15-11-20)37(32,33)19-28-31(38(34,35)25-16-12-21(2)13-17-25)29(22-6-5-7-23(30)18-22)26-8-3-4-9-27(26)36-28/h3-19,29H,1-2H3/b28-19-/t29-/m1/s1. The van der Waals surface area contributed by atoms with Crippen LogP contribution in [0.25, 0.3) is 0 Å². The van der Waals surface area contributed by atoms with Gasteiger partial charge in [0, 0.05) is 9.37 Å². The van der Waals surface area contributed by atoms with Crippen LogP contribution in [0.1, 0.15) is 28.3 Å². The highest BCUT2D eigenvalue weighted by molar-refractivity contribution is 9.10. The molecule has 194 valence electrons. The number of aryl methyl sites for hydroxylation is 2. The summed E-state index contributed by atoms with van der Waals surface area (Å²) < 4.78 is 57.8. The van der Waals surface area contributed by atoms with E-state index in [1.54, 1.807) is 36.4 Å². The Labute approximate surface area is 236 Å². The first-order chi connectivity index (χ1) is 18.1. The lowest BCUT2D eigenvalue weighted by Gasteiger charge is -2.39. The van der Waals surface area contributed by atoms with Gasteiger partial charge in [0.25, 0.3) is 10.0 Å². The third-order valence-corrected chi connectivity index (χ3v) is 11.4. The zero-order valence-electron chi connectivity index (χ0n) is 20.6. The Morgan fingerprint density at radius 3 is 2.00 bits per heavy atom. The van der Waals surface area contributed by atoms with Crippen LogP contribution in [0.2, 0.25) is 0 Å². The van der Waals surface area contributed by atoms with Crippen molar-refractivity contribution in [3.8, 4) is 0 Å². The fourth-order valence-corrected chi connectivity index (χ4v) is 9.16. The minimum absolute atomic E-state index is 0.0849. The monoisotopic (exact) mass is 625 g/mol. The van der Waals surface area contributed by atoms with Gasteiger partial charge in [-0.3, -0.25) is 0 Å². The van der Waals surface area contributed by atoms with E-state index in [4.69, 9.17) is 0 Å². The van der Waals surface area contributed by atoms with Crippen molar-refractivity contribution < 1.29 is 16.8 Å². The average molecular weight is 627 g/mol. The first kappa shape index (κ1) is 26.7. The highest BCUT2D eigenvalue weighted by Gasteiger charge is 2.41. The SMILES string of the molecule is Cc1ccc(S(=O)(=O)/C=C2\Sc3ccccc3[C@@H](c3cccc(Br)c3)N2S(=O)(=O)c2ccc(C)cc2)cc1. The molecular formula is C29H24BrNO4S3. The topological polar surface area (TPSA) is 71.5 Å².